The molecule has 100 valence electrons. The largest absolute Gasteiger partial charge is 0.370 e. The first-order valence-corrected chi connectivity index (χ1v) is 7.23. The normalized spacial score (nSPS) is 17.5. The van der Waals surface area contributed by atoms with E-state index in [1.54, 1.807) is 0 Å². The molecule has 0 aromatic heterocycles. The number of para-hydroxylation sites is 1. The van der Waals surface area contributed by atoms with Gasteiger partial charge in [-0.3, -0.25) is 0 Å². The first-order valence-electron chi connectivity index (χ1n) is 6.86. The van der Waals surface area contributed by atoms with Crippen molar-refractivity contribution < 1.29 is 0 Å². The molecule has 2 rings (SSSR count). The van der Waals surface area contributed by atoms with E-state index in [1.165, 1.54) is 12.8 Å². The fourth-order valence-electron chi connectivity index (χ4n) is 2.87. The van der Waals surface area contributed by atoms with E-state index < -0.39 is 0 Å². The maximum Gasteiger partial charge on any atom is 0.0642 e. The highest BCUT2D eigenvalue weighted by molar-refractivity contribution is 6.33. The molecule has 0 radical (unpaired) electrons. The number of nitrogens with two attached hydrogens (primary N) is 1. The van der Waals surface area contributed by atoms with Crippen molar-refractivity contribution >= 4 is 17.3 Å². The van der Waals surface area contributed by atoms with Crippen molar-refractivity contribution in [3.05, 3.63) is 28.8 Å². The molecule has 1 fully saturated rings. The Kier molecular flexibility index (Phi) is 4.52. The van der Waals surface area contributed by atoms with Gasteiger partial charge in [0, 0.05) is 19.6 Å². The maximum absolute atomic E-state index is 6.34. The average molecular weight is 267 g/mol. The monoisotopic (exact) mass is 266 g/mol. The van der Waals surface area contributed by atoms with Crippen molar-refractivity contribution in [3.8, 4) is 0 Å². The maximum atomic E-state index is 6.34. The Morgan fingerprint density at radius 2 is 2.00 bits per heavy atom. The smallest absolute Gasteiger partial charge is 0.0642 e. The molecule has 18 heavy (non-hydrogen) atoms. The molecule has 1 heterocycles. The fraction of sp³-hybridized carbons (Fsp3) is 0.600. The summed E-state index contributed by atoms with van der Waals surface area (Å²) in [5.74, 6) is 1.64. The summed E-state index contributed by atoms with van der Waals surface area (Å²) >= 11 is 6.34. The lowest BCUT2D eigenvalue weighted by molar-refractivity contribution is 0.311. The highest BCUT2D eigenvalue weighted by Crippen LogP contribution is 2.34. The molecule has 1 aromatic carbocycles. The first kappa shape index (κ1) is 13.7. The second-order valence-corrected chi connectivity index (χ2v) is 5.93. The second kappa shape index (κ2) is 5.94. The lowest BCUT2D eigenvalue weighted by Gasteiger charge is -2.36. The number of hydrogen-bond acceptors (Lipinski definition) is 2. The van der Waals surface area contributed by atoms with Gasteiger partial charge < -0.3 is 10.6 Å². The zero-order valence-corrected chi connectivity index (χ0v) is 12.1. The highest BCUT2D eigenvalue weighted by Gasteiger charge is 2.23. The molecule has 2 nitrogen and oxygen atoms in total. The molecule has 3 heteroatoms. The van der Waals surface area contributed by atoms with Gasteiger partial charge >= 0.3 is 0 Å². The molecular weight excluding hydrogens is 244 g/mol. The van der Waals surface area contributed by atoms with E-state index in [0.717, 1.165) is 41.2 Å². The van der Waals surface area contributed by atoms with E-state index in [-0.39, 0.29) is 0 Å². The third-order valence-electron chi connectivity index (χ3n) is 4.09. The van der Waals surface area contributed by atoms with Crippen molar-refractivity contribution in [1.82, 2.24) is 0 Å². The van der Waals surface area contributed by atoms with E-state index in [0.29, 0.717) is 6.54 Å². The minimum Gasteiger partial charge on any atom is -0.370 e. The van der Waals surface area contributed by atoms with Gasteiger partial charge in [0.05, 0.1) is 10.7 Å². The van der Waals surface area contributed by atoms with Gasteiger partial charge in [-0.2, -0.15) is 0 Å². The van der Waals surface area contributed by atoms with Gasteiger partial charge in [0.15, 0.2) is 0 Å². The number of piperidine rings is 1. The van der Waals surface area contributed by atoms with Gasteiger partial charge in [0.1, 0.15) is 0 Å². The van der Waals surface area contributed by atoms with Crippen LogP contribution in [0.2, 0.25) is 5.02 Å². The molecule has 1 aliphatic heterocycles. The van der Waals surface area contributed by atoms with Crippen LogP contribution in [-0.2, 0) is 6.54 Å². The molecule has 0 bridgehead atoms. The Labute approximate surface area is 115 Å². The van der Waals surface area contributed by atoms with Crippen LogP contribution in [0.5, 0.6) is 0 Å². The van der Waals surface area contributed by atoms with E-state index in [4.69, 9.17) is 17.3 Å². The van der Waals surface area contributed by atoms with Crippen LogP contribution in [0.1, 0.15) is 32.3 Å². The SMILES string of the molecule is CC(C)C1CCN(c2c(Cl)cccc2CN)CC1. The molecule has 1 aromatic rings. The number of hydrogen-bond donors (Lipinski definition) is 1. The van der Waals surface area contributed by atoms with Crippen molar-refractivity contribution in [2.24, 2.45) is 17.6 Å². The molecule has 0 unspecified atom stereocenters. The minimum absolute atomic E-state index is 0.556. The number of anilines is 1. The van der Waals surface area contributed by atoms with Crippen LogP contribution >= 0.6 is 11.6 Å². The van der Waals surface area contributed by atoms with Crippen molar-refractivity contribution in [2.75, 3.05) is 18.0 Å². The molecule has 0 saturated carbocycles. The second-order valence-electron chi connectivity index (χ2n) is 5.52. The predicted octanol–water partition coefficient (Wildman–Crippen LogP) is 3.67. The molecule has 1 aliphatic rings. The Balaban J connectivity index is 2.14. The van der Waals surface area contributed by atoms with Crippen LogP contribution < -0.4 is 10.6 Å². The van der Waals surface area contributed by atoms with Crippen LogP contribution in [0.15, 0.2) is 18.2 Å². The Bertz CT molecular complexity index is 395. The highest BCUT2D eigenvalue weighted by atomic mass is 35.5. The lowest BCUT2D eigenvalue weighted by atomic mass is 9.86. The lowest BCUT2D eigenvalue weighted by Crippen LogP contribution is -2.36. The van der Waals surface area contributed by atoms with E-state index in [2.05, 4.69) is 24.8 Å². The topological polar surface area (TPSA) is 29.3 Å². The fourth-order valence-corrected chi connectivity index (χ4v) is 3.18. The predicted molar refractivity (Wildman–Crippen MR) is 79.1 cm³/mol. The van der Waals surface area contributed by atoms with Crippen molar-refractivity contribution in [2.45, 2.75) is 33.2 Å². The number of halogens is 1. The first-order chi connectivity index (χ1) is 8.63. The van der Waals surface area contributed by atoms with Crippen molar-refractivity contribution in [3.63, 3.8) is 0 Å². The Morgan fingerprint density at radius 3 is 2.56 bits per heavy atom. The minimum atomic E-state index is 0.556. The quantitative estimate of drug-likeness (QED) is 0.905. The molecule has 0 atom stereocenters. The zero-order valence-electron chi connectivity index (χ0n) is 11.3. The van der Waals surface area contributed by atoms with Gasteiger partial charge in [-0.25, -0.2) is 0 Å². The number of rotatable bonds is 3. The Hall–Kier alpha value is -0.730. The van der Waals surface area contributed by atoms with E-state index >= 15 is 0 Å². The summed E-state index contributed by atoms with van der Waals surface area (Å²) in [6, 6.07) is 6.02. The van der Waals surface area contributed by atoms with Gasteiger partial charge in [-0.1, -0.05) is 37.6 Å². The van der Waals surface area contributed by atoms with E-state index in [1.807, 2.05) is 12.1 Å². The molecule has 0 aliphatic carbocycles. The number of benzene rings is 1. The average Bonchev–Trinajstić information content (AvgIpc) is 2.38. The summed E-state index contributed by atoms with van der Waals surface area (Å²) in [5, 5.41) is 0.834. The summed E-state index contributed by atoms with van der Waals surface area (Å²) in [6.07, 6.45) is 2.51. The van der Waals surface area contributed by atoms with E-state index in [9.17, 15) is 0 Å². The van der Waals surface area contributed by atoms with Gasteiger partial charge in [-0.15, -0.1) is 0 Å². The molecule has 1 saturated heterocycles. The summed E-state index contributed by atoms with van der Waals surface area (Å²) in [6.45, 7) is 7.39. The molecule has 0 spiro atoms. The van der Waals surface area contributed by atoms with Crippen LogP contribution in [0, 0.1) is 11.8 Å². The summed E-state index contributed by atoms with van der Waals surface area (Å²) < 4.78 is 0. The number of nitrogens with zero attached hydrogens (tertiary/aromatic N) is 1. The van der Waals surface area contributed by atoms with Crippen LogP contribution in [0.4, 0.5) is 5.69 Å². The Morgan fingerprint density at radius 1 is 1.33 bits per heavy atom. The van der Waals surface area contributed by atoms with Crippen LogP contribution in [-0.4, -0.2) is 13.1 Å². The van der Waals surface area contributed by atoms with Gasteiger partial charge in [0.25, 0.3) is 0 Å². The van der Waals surface area contributed by atoms with Crippen molar-refractivity contribution in [1.29, 1.82) is 0 Å². The van der Waals surface area contributed by atoms with Gasteiger partial charge in [-0.05, 0) is 36.3 Å². The van der Waals surface area contributed by atoms with Gasteiger partial charge in [0.2, 0.25) is 0 Å². The third-order valence-corrected chi connectivity index (χ3v) is 4.39. The summed E-state index contributed by atoms with van der Waals surface area (Å²) in [4.78, 5) is 2.41. The third kappa shape index (κ3) is 2.81. The van der Waals surface area contributed by atoms with Crippen LogP contribution in [0.25, 0.3) is 0 Å². The molecular formula is C15H23ClN2. The molecule has 2 N–H and O–H groups in total. The summed E-state index contributed by atoms with van der Waals surface area (Å²) in [5.41, 5.74) is 8.13. The summed E-state index contributed by atoms with van der Waals surface area (Å²) in [7, 11) is 0. The zero-order chi connectivity index (χ0) is 13.1. The molecule has 0 amide bonds. The van der Waals surface area contributed by atoms with Crippen LogP contribution in [0.3, 0.4) is 0 Å². The standard InChI is InChI=1S/C15H23ClN2/c1-11(2)12-6-8-18(9-7-12)15-13(10-17)4-3-5-14(15)16/h3-5,11-12H,6-10,17H2,1-2H3.